The molecule has 0 aliphatic carbocycles. The Bertz CT molecular complexity index is 358. The third-order valence-electron chi connectivity index (χ3n) is 2.92. The van der Waals surface area contributed by atoms with E-state index in [0.717, 1.165) is 0 Å². The predicted molar refractivity (Wildman–Crippen MR) is 66.3 cm³/mol. The molecule has 1 heterocycles. The molecule has 1 aliphatic rings. The molecule has 1 fully saturated rings. The van der Waals surface area contributed by atoms with E-state index in [1.165, 1.54) is 11.8 Å². The second-order valence-corrected chi connectivity index (χ2v) is 5.84. The molecule has 0 aromatic heterocycles. The molecule has 18 heavy (non-hydrogen) atoms. The number of aldehydes is 1. The van der Waals surface area contributed by atoms with Gasteiger partial charge >= 0.3 is 6.09 Å². The second kappa shape index (κ2) is 5.08. The number of nitrogens with zero attached hydrogens (tertiary/aromatic N) is 1. The van der Waals surface area contributed by atoms with Gasteiger partial charge in [-0.3, -0.25) is 9.69 Å². The molecule has 0 spiro atoms. The minimum atomic E-state index is -1.01. The average Bonchev–Trinajstić information content (AvgIpc) is 2.58. The molecule has 102 valence electrons. The smallest absolute Gasteiger partial charge is 0.411 e. The molecule has 0 aromatic carbocycles. The van der Waals surface area contributed by atoms with E-state index in [2.05, 4.69) is 0 Å². The van der Waals surface area contributed by atoms with Gasteiger partial charge in [-0.15, -0.1) is 0 Å². The molecule has 1 saturated heterocycles. The van der Waals surface area contributed by atoms with Crippen LogP contribution in [0.3, 0.4) is 0 Å². The summed E-state index contributed by atoms with van der Waals surface area (Å²) in [7, 11) is 0. The number of amides is 1. The highest BCUT2D eigenvalue weighted by molar-refractivity contribution is 5.86. The van der Waals surface area contributed by atoms with Crippen LogP contribution in [-0.2, 0) is 14.3 Å². The number of carbonyl (C=O) groups excluding carboxylic acids is 3. The Labute approximate surface area is 107 Å². The van der Waals surface area contributed by atoms with Gasteiger partial charge in [-0.05, 0) is 40.5 Å². The van der Waals surface area contributed by atoms with Crippen LogP contribution in [0.1, 0.15) is 47.0 Å². The number of carbonyl (C=O) groups is 3. The van der Waals surface area contributed by atoms with E-state index in [-0.39, 0.29) is 12.2 Å². The quantitative estimate of drug-likeness (QED) is 0.723. The molecule has 5 heteroatoms. The molecule has 0 N–H and O–H groups in total. The van der Waals surface area contributed by atoms with Crippen molar-refractivity contribution in [1.29, 1.82) is 0 Å². The first-order valence-corrected chi connectivity index (χ1v) is 6.16. The summed E-state index contributed by atoms with van der Waals surface area (Å²) in [4.78, 5) is 36.1. The molecule has 1 rings (SSSR count). The maximum atomic E-state index is 12.1. The first kappa shape index (κ1) is 14.7. The summed E-state index contributed by atoms with van der Waals surface area (Å²) in [5, 5.41) is 0. The number of ether oxygens (including phenoxy) is 1. The van der Waals surface area contributed by atoms with Gasteiger partial charge in [0, 0.05) is 13.0 Å². The Balaban J connectivity index is 2.89. The zero-order chi connectivity index (χ0) is 14.0. The molecule has 0 unspecified atom stereocenters. The Morgan fingerprint density at radius 1 is 1.39 bits per heavy atom. The molecule has 5 nitrogen and oxygen atoms in total. The predicted octanol–water partition coefficient (Wildman–Crippen LogP) is 1.93. The van der Waals surface area contributed by atoms with Crippen LogP contribution in [0.15, 0.2) is 0 Å². The third kappa shape index (κ3) is 3.31. The van der Waals surface area contributed by atoms with E-state index < -0.39 is 17.2 Å². The average molecular weight is 255 g/mol. The van der Waals surface area contributed by atoms with Gasteiger partial charge < -0.3 is 9.53 Å². The lowest BCUT2D eigenvalue weighted by Crippen LogP contribution is -2.51. The molecule has 0 radical (unpaired) electrons. The minimum absolute atomic E-state index is 0.0652. The Kier molecular flexibility index (Phi) is 4.14. The first-order valence-electron chi connectivity index (χ1n) is 6.16. The Morgan fingerprint density at radius 3 is 2.44 bits per heavy atom. The van der Waals surface area contributed by atoms with Gasteiger partial charge in [-0.25, -0.2) is 4.79 Å². The van der Waals surface area contributed by atoms with Crippen molar-refractivity contribution >= 4 is 18.2 Å². The van der Waals surface area contributed by atoms with Crippen LogP contribution < -0.4 is 0 Å². The van der Waals surface area contributed by atoms with Crippen LogP contribution in [0.2, 0.25) is 0 Å². The van der Waals surface area contributed by atoms with Gasteiger partial charge in [0.15, 0.2) is 0 Å². The van der Waals surface area contributed by atoms with E-state index in [1.807, 2.05) is 0 Å². The fraction of sp³-hybridized carbons (Fsp3) is 0.769. The molecular formula is C13H21NO4. The van der Waals surface area contributed by atoms with Crippen LogP contribution in [-0.4, -0.2) is 40.7 Å². The second-order valence-electron chi connectivity index (χ2n) is 5.84. The summed E-state index contributed by atoms with van der Waals surface area (Å²) in [5.74, 6) is -0.0995. The zero-order valence-electron chi connectivity index (χ0n) is 11.5. The van der Waals surface area contributed by atoms with E-state index in [1.54, 1.807) is 20.8 Å². The number of hydrogen-bond acceptors (Lipinski definition) is 4. The highest BCUT2D eigenvalue weighted by atomic mass is 16.6. The largest absolute Gasteiger partial charge is 0.444 e. The van der Waals surface area contributed by atoms with Crippen molar-refractivity contribution < 1.29 is 19.1 Å². The van der Waals surface area contributed by atoms with Gasteiger partial charge in [-0.2, -0.15) is 0 Å². The summed E-state index contributed by atoms with van der Waals surface area (Å²) in [6.45, 7) is 7.20. The molecule has 1 aliphatic heterocycles. The Morgan fingerprint density at radius 2 is 2.00 bits per heavy atom. The molecule has 1 atom stereocenters. The summed E-state index contributed by atoms with van der Waals surface area (Å²) in [6, 6.07) is 0. The van der Waals surface area contributed by atoms with Crippen molar-refractivity contribution in [3.63, 3.8) is 0 Å². The SMILES string of the molecule is CC(=O)C[C@]1(C=O)CCCN1C(=O)OC(C)(C)C. The Hall–Kier alpha value is -1.39. The highest BCUT2D eigenvalue weighted by Gasteiger charge is 2.46. The standard InChI is InChI=1S/C13H21NO4/c1-10(16)8-13(9-15)6-5-7-14(13)11(17)18-12(2,3)4/h9H,5-8H2,1-4H3/t13-/m0/s1. The third-order valence-corrected chi connectivity index (χ3v) is 2.92. The monoisotopic (exact) mass is 255 g/mol. The van der Waals surface area contributed by atoms with E-state index in [9.17, 15) is 14.4 Å². The fourth-order valence-corrected chi connectivity index (χ4v) is 2.27. The topological polar surface area (TPSA) is 63.7 Å². The van der Waals surface area contributed by atoms with Crippen LogP contribution in [0.4, 0.5) is 4.79 Å². The van der Waals surface area contributed by atoms with Crippen molar-refractivity contribution in [2.75, 3.05) is 6.54 Å². The lowest BCUT2D eigenvalue weighted by Gasteiger charge is -2.34. The zero-order valence-corrected chi connectivity index (χ0v) is 11.5. The van der Waals surface area contributed by atoms with Crippen LogP contribution in [0.5, 0.6) is 0 Å². The van der Waals surface area contributed by atoms with Gasteiger partial charge in [0.1, 0.15) is 23.2 Å². The number of hydrogen-bond donors (Lipinski definition) is 0. The van der Waals surface area contributed by atoms with Crippen LogP contribution in [0, 0.1) is 0 Å². The maximum absolute atomic E-state index is 12.1. The summed E-state index contributed by atoms with van der Waals surface area (Å²) >= 11 is 0. The van der Waals surface area contributed by atoms with Gasteiger partial charge in [0.25, 0.3) is 0 Å². The highest BCUT2D eigenvalue weighted by Crippen LogP contribution is 2.32. The first-order chi connectivity index (χ1) is 8.20. The molecule has 0 bridgehead atoms. The summed E-state index contributed by atoms with van der Waals surface area (Å²) in [6.07, 6.45) is 1.50. The van der Waals surface area contributed by atoms with E-state index in [4.69, 9.17) is 4.74 Å². The van der Waals surface area contributed by atoms with E-state index in [0.29, 0.717) is 25.7 Å². The normalized spacial score (nSPS) is 23.9. The van der Waals surface area contributed by atoms with Crippen molar-refractivity contribution in [3.05, 3.63) is 0 Å². The number of likely N-dealkylation sites (tertiary alicyclic amines) is 1. The summed E-state index contributed by atoms with van der Waals surface area (Å²) in [5.41, 5.74) is -1.61. The molecular weight excluding hydrogens is 234 g/mol. The number of Topliss-reactive ketones (excluding diaryl/α,β-unsaturated/α-hetero) is 1. The number of ketones is 1. The summed E-state index contributed by atoms with van der Waals surface area (Å²) < 4.78 is 5.28. The van der Waals surface area contributed by atoms with Crippen LogP contribution >= 0.6 is 0 Å². The minimum Gasteiger partial charge on any atom is -0.444 e. The number of rotatable bonds is 3. The van der Waals surface area contributed by atoms with Gasteiger partial charge in [0.05, 0.1) is 0 Å². The lowest BCUT2D eigenvalue weighted by molar-refractivity contribution is -0.125. The van der Waals surface area contributed by atoms with Gasteiger partial charge in [-0.1, -0.05) is 0 Å². The van der Waals surface area contributed by atoms with Crippen molar-refractivity contribution in [2.24, 2.45) is 0 Å². The van der Waals surface area contributed by atoms with Crippen LogP contribution in [0.25, 0.3) is 0 Å². The van der Waals surface area contributed by atoms with Crippen molar-refractivity contribution in [1.82, 2.24) is 4.90 Å². The van der Waals surface area contributed by atoms with Crippen molar-refractivity contribution in [3.8, 4) is 0 Å². The van der Waals surface area contributed by atoms with E-state index >= 15 is 0 Å². The van der Waals surface area contributed by atoms with Gasteiger partial charge in [0.2, 0.25) is 0 Å². The van der Waals surface area contributed by atoms with Crippen molar-refractivity contribution in [2.45, 2.75) is 58.1 Å². The molecule has 0 saturated carbocycles. The fourth-order valence-electron chi connectivity index (χ4n) is 2.27. The maximum Gasteiger partial charge on any atom is 0.411 e. The lowest BCUT2D eigenvalue weighted by atomic mass is 9.92. The molecule has 1 amide bonds. The molecule has 0 aromatic rings.